The van der Waals surface area contributed by atoms with Crippen molar-refractivity contribution in [1.82, 2.24) is 15.4 Å². The van der Waals surface area contributed by atoms with Gasteiger partial charge in [0.1, 0.15) is 0 Å². The molecule has 8 nitrogen and oxygen atoms in total. The molecule has 0 spiro atoms. The molecule has 0 fully saturated rings. The van der Waals surface area contributed by atoms with Crippen LogP contribution >= 0.6 is 34.7 Å². The molecule has 4 rings (SSSR count). The van der Waals surface area contributed by atoms with Crippen LogP contribution in [0.2, 0.25) is 5.02 Å². The minimum absolute atomic E-state index is 0.129. The fraction of sp³-hybridized carbons (Fsp3) is 0.0952. The summed E-state index contributed by atoms with van der Waals surface area (Å²) in [5, 5.41) is 18.0. The molecule has 0 atom stereocenters. The van der Waals surface area contributed by atoms with Gasteiger partial charge in [0.05, 0.1) is 5.75 Å². The highest BCUT2D eigenvalue weighted by Crippen LogP contribution is 2.27. The van der Waals surface area contributed by atoms with E-state index in [1.807, 2.05) is 43.3 Å². The summed E-state index contributed by atoms with van der Waals surface area (Å²) in [5.41, 5.74) is 2.51. The van der Waals surface area contributed by atoms with Gasteiger partial charge in [0.25, 0.3) is 5.91 Å². The molecular formula is C21H16ClN5O3S2. The molecule has 4 aromatic rings. The lowest BCUT2D eigenvalue weighted by Crippen LogP contribution is -2.13. The van der Waals surface area contributed by atoms with Gasteiger partial charge in [-0.05, 0) is 24.6 Å². The first-order chi connectivity index (χ1) is 15.5. The first-order valence-corrected chi connectivity index (χ1v) is 11.5. The molecule has 0 saturated carbocycles. The molecule has 0 aliphatic carbocycles. The molecule has 0 aliphatic heterocycles. The molecule has 0 saturated heterocycles. The highest BCUT2D eigenvalue weighted by Gasteiger charge is 2.16. The first kappa shape index (κ1) is 22.0. The van der Waals surface area contributed by atoms with Crippen LogP contribution in [0.15, 0.2) is 63.5 Å². The number of thioether (sulfide) groups is 1. The fourth-order valence-electron chi connectivity index (χ4n) is 2.60. The van der Waals surface area contributed by atoms with E-state index in [4.69, 9.17) is 16.1 Å². The second-order valence-corrected chi connectivity index (χ2v) is 9.18. The van der Waals surface area contributed by atoms with Crippen LogP contribution in [0.25, 0.3) is 11.3 Å². The number of anilines is 2. The Morgan fingerprint density at radius 2 is 1.91 bits per heavy atom. The minimum Gasteiger partial charge on any atom is -0.355 e. The minimum atomic E-state index is -0.461. The number of nitrogens with one attached hydrogen (secondary N) is 2. The van der Waals surface area contributed by atoms with Crippen molar-refractivity contribution < 1.29 is 14.1 Å². The molecule has 0 aliphatic rings. The van der Waals surface area contributed by atoms with Crippen molar-refractivity contribution in [2.24, 2.45) is 0 Å². The number of amides is 2. The number of hydrogen-bond acceptors (Lipinski definition) is 8. The monoisotopic (exact) mass is 485 g/mol. The van der Waals surface area contributed by atoms with E-state index < -0.39 is 5.91 Å². The van der Waals surface area contributed by atoms with E-state index >= 15 is 0 Å². The highest BCUT2D eigenvalue weighted by molar-refractivity contribution is 8.01. The van der Waals surface area contributed by atoms with Crippen LogP contribution in [0.4, 0.5) is 10.8 Å². The second-order valence-electron chi connectivity index (χ2n) is 6.57. The number of benzene rings is 2. The summed E-state index contributed by atoms with van der Waals surface area (Å²) in [5.74, 6) is -0.0351. The molecule has 0 bridgehead atoms. The fourth-order valence-corrected chi connectivity index (χ4v) is 4.32. The van der Waals surface area contributed by atoms with Crippen LogP contribution < -0.4 is 10.6 Å². The lowest BCUT2D eigenvalue weighted by molar-refractivity contribution is -0.113. The molecule has 2 amide bonds. The van der Waals surface area contributed by atoms with Gasteiger partial charge in [-0.2, -0.15) is 0 Å². The van der Waals surface area contributed by atoms with Crippen molar-refractivity contribution in [2.75, 3.05) is 16.4 Å². The van der Waals surface area contributed by atoms with E-state index in [-0.39, 0.29) is 17.4 Å². The average Bonchev–Trinajstić information content (AvgIpc) is 3.45. The Morgan fingerprint density at radius 1 is 1.09 bits per heavy atom. The summed E-state index contributed by atoms with van der Waals surface area (Å²) in [4.78, 5) is 24.6. The van der Waals surface area contributed by atoms with Crippen LogP contribution in [0.5, 0.6) is 0 Å². The molecule has 11 heteroatoms. The van der Waals surface area contributed by atoms with E-state index in [0.717, 1.165) is 22.5 Å². The van der Waals surface area contributed by atoms with E-state index in [1.165, 1.54) is 11.8 Å². The van der Waals surface area contributed by atoms with Gasteiger partial charge in [-0.25, -0.2) is 0 Å². The molecule has 2 aromatic heterocycles. The Hall–Kier alpha value is -3.21. The molecule has 0 unspecified atom stereocenters. The summed E-state index contributed by atoms with van der Waals surface area (Å²) in [7, 11) is 0. The van der Waals surface area contributed by atoms with Crippen molar-refractivity contribution in [3.05, 3.63) is 70.9 Å². The third-order valence-corrected chi connectivity index (χ3v) is 6.59. The maximum absolute atomic E-state index is 12.4. The van der Waals surface area contributed by atoms with Crippen LogP contribution in [0.1, 0.15) is 16.1 Å². The number of carbonyl (C=O) groups excluding carboxylic acids is 2. The van der Waals surface area contributed by atoms with Gasteiger partial charge in [-0.1, -0.05) is 76.3 Å². The standard InChI is InChI=1S/C21H16ClN5O3S2/c1-12-7-8-14(9-15(12)22)23-18(28)11-31-21-26-25-20(32-21)24-19(29)16-10-17(30-27-16)13-5-3-2-4-6-13/h2-10H,11H2,1H3,(H,23,28)(H,24,25,29). The van der Waals surface area contributed by atoms with E-state index in [2.05, 4.69) is 26.0 Å². The Balaban J connectivity index is 1.30. The largest absolute Gasteiger partial charge is 0.355 e. The van der Waals surface area contributed by atoms with Crippen molar-refractivity contribution >= 4 is 57.3 Å². The molecular weight excluding hydrogens is 470 g/mol. The maximum atomic E-state index is 12.4. The molecule has 2 N–H and O–H groups in total. The van der Waals surface area contributed by atoms with Crippen LogP contribution in [-0.2, 0) is 4.79 Å². The molecule has 2 aromatic carbocycles. The molecule has 32 heavy (non-hydrogen) atoms. The van der Waals surface area contributed by atoms with Crippen molar-refractivity contribution in [3.63, 3.8) is 0 Å². The lowest BCUT2D eigenvalue weighted by Gasteiger charge is -2.05. The van der Waals surface area contributed by atoms with Gasteiger partial charge in [0, 0.05) is 22.3 Å². The van der Waals surface area contributed by atoms with Gasteiger partial charge in [-0.3, -0.25) is 14.9 Å². The second kappa shape index (κ2) is 9.94. The number of aryl methyl sites for hydroxylation is 1. The smallest absolute Gasteiger partial charge is 0.279 e. The van der Waals surface area contributed by atoms with Crippen molar-refractivity contribution in [2.45, 2.75) is 11.3 Å². The van der Waals surface area contributed by atoms with Gasteiger partial charge in [-0.15, -0.1) is 10.2 Å². The highest BCUT2D eigenvalue weighted by atomic mass is 35.5. The molecule has 162 valence electrons. The van der Waals surface area contributed by atoms with Gasteiger partial charge in [0.2, 0.25) is 11.0 Å². The Bertz CT molecular complexity index is 1260. The van der Waals surface area contributed by atoms with Crippen LogP contribution in [0, 0.1) is 6.92 Å². The number of aromatic nitrogens is 3. The number of nitrogens with zero attached hydrogens (tertiary/aromatic N) is 3. The zero-order valence-corrected chi connectivity index (χ0v) is 19.1. The average molecular weight is 486 g/mol. The quantitative estimate of drug-likeness (QED) is 0.275. The normalized spacial score (nSPS) is 10.7. The van der Waals surface area contributed by atoms with E-state index in [9.17, 15) is 9.59 Å². The summed E-state index contributed by atoms with van der Waals surface area (Å²) in [6.07, 6.45) is 0. The number of hydrogen-bond donors (Lipinski definition) is 2. The Labute approximate surface area is 196 Å². The summed E-state index contributed by atoms with van der Waals surface area (Å²) < 4.78 is 5.79. The topological polar surface area (TPSA) is 110 Å². The number of rotatable bonds is 7. The molecule has 0 radical (unpaired) electrons. The van der Waals surface area contributed by atoms with Gasteiger partial charge >= 0.3 is 0 Å². The number of carbonyl (C=O) groups is 2. The Kier molecular flexibility index (Phi) is 6.84. The zero-order chi connectivity index (χ0) is 22.5. The maximum Gasteiger partial charge on any atom is 0.279 e. The van der Waals surface area contributed by atoms with Crippen LogP contribution in [-0.4, -0.2) is 32.9 Å². The predicted molar refractivity (Wildman–Crippen MR) is 125 cm³/mol. The zero-order valence-electron chi connectivity index (χ0n) is 16.7. The van der Waals surface area contributed by atoms with Crippen molar-refractivity contribution in [1.29, 1.82) is 0 Å². The number of halogens is 1. The molecule has 2 heterocycles. The van der Waals surface area contributed by atoms with Crippen molar-refractivity contribution in [3.8, 4) is 11.3 Å². The van der Waals surface area contributed by atoms with E-state index in [0.29, 0.717) is 25.9 Å². The third-order valence-electron chi connectivity index (χ3n) is 4.21. The lowest BCUT2D eigenvalue weighted by atomic mass is 10.1. The summed E-state index contributed by atoms with van der Waals surface area (Å²) >= 11 is 8.45. The van der Waals surface area contributed by atoms with Crippen LogP contribution in [0.3, 0.4) is 0 Å². The first-order valence-electron chi connectivity index (χ1n) is 9.34. The Morgan fingerprint density at radius 3 is 2.69 bits per heavy atom. The SMILES string of the molecule is Cc1ccc(NC(=O)CSc2nnc(NC(=O)c3cc(-c4ccccc4)on3)s2)cc1Cl. The predicted octanol–water partition coefficient (Wildman–Crippen LogP) is 5.14. The van der Waals surface area contributed by atoms with E-state index in [1.54, 1.807) is 18.2 Å². The van der Waals surface area contributed by atoms with Gasteiger partial charge in [0.15, 0.2) is 15.8 Å². The summed E-state index contributed by atoms with van der Waals surface area (Å²) in [6.45, 7) is 1.89. The summed E-state index contributed by atoms with van der Waals surface area (Å²) in [6, 6.07) is 16.2. The van der Waals surface area contributed by atoms with Gasteiger partial charge < -0.3 is 9.84 Å². The third kappa shape index (κ3) is 5.52.